The highest BCUT2D eigenvalue weighted by molar-refractivity contribution is 7.89. The van der Waals surface area contributed by atoms with Crippen molar-refractivity contribution in [3.63, 3.8) is 0 Å². The zero-order chi connectivity index (χ0) is 18.6. The topological polar surface area (TPSA) is 75.3 Å². The van der Waals surface area contributed by atoms with Crippen LogP contribution in [-0.2, 0) is 10.0 Å². The number of benzene rings is 2. The molecular formula is C19H24N2O3S. The van der Waals surface area contributed by atoms with E-state index in [2.05, 4.69) is 10.0 Å². The van der Waals surface area contributed by atoms with Gasteiger partial charge in [0.1, 0.15) is 0 Å². The van der Waals surface area contributed by atoms with Crippen molar-refractivity contribution in [2.24, 2.45) is 0 Å². The smallest absolute Gasteiger partial charge is 0.251 e. The Kier molecular flexibility index (Phi) is 5.98. The molecule has 134 valence electrons. The third kappa shape index (κ3) is 5.14. The Balaban J connectivity index is 2.17. The molecule has 0 radical (unpaired) electrons. The van der Waals surface area contributed by atoms with Gasteiger partial charge in [0.15, 0.2) is 0 Å². The van der Waals surface area contributed by atoms with Gasteiger partial charge in [-0.2, -0.15) is 0 Å². The Morgan fingerprint density at radius 2 is 1.64 bits per heavy atom. The van der Waals surface area contributed by atoms with E-state index in [-0.39, 0.29) is 22.9 Å². The molecule has 0 spiro atoms. The molecule has 0 aliphatic carbocycles. The Labute approximate surface area is 149 Å². The van der Waals surface area contributed by atoms with Gasteiger partial charge in [-0.25, -0.2) is 13.1 Å². The maximum atomic E-state index is 12.5. The van der Waals surface area contributed by atoms with Crippen LogP contribution in [0.25, 0.3) is 0 Å². The fourth-order valence-electron chi connectivity index (χ4n) is 2.40. The van der Waals surface area contributed by atoms with Gasteiger partial charge in [0.2, 0.25) is 10.0 Å². The number of amides is 1. The number of hydrogen-bond donors (Lipinski definition) is 2. The number of hydrogen-bond acceptors (Lipinski definition) is 3. The standard InChI is InChI=1S/C19H24N2O3S/c1-13(2)21-25(23,24)18-7-5-6-17(12-18)19(22)20-15(4)16-10-8-14(3)9-11-16/h5-13,15,21H,1-4H3,(H,20,22). The fraction of sp³-hybridized carbons (Fsp3) is 0.316. The van der Waals surface area contributed by atoms with Crippen LogP contribution in [-0.4, -0.2) is 20.4 Å². The van der Waals surface area contributed by atoms with Gasteiger partial charge in [-0.1, -0.05) is 35.9 Å². The van der Waals surface area contributed by atoms with Crippen LogP contribution in [0, 0.1) is 6.92 Å². The molecule has 2 rings (SSSR count). The molecule has 2 N–H and O–H groups in total. The zero-order valence-electron chi connectivity index (χ0n) is 14.9. The van der Waals surface area contributed by atoms with Gasteiger partial charge in [0, 0.05) is 11.6 Å². The molecule has 0 heterocycles. The highest BCUT2D eigenvalue weighted by Crippen LogP contribution is 2.16. The van der Waals surface area contributed by atoms with Crippen LogP contribution in [0.3, 0.4) is 0 Å². The van der Waals surface area contributed by atoms with E-state index < -0.39 is 10.0 Å². The lowest BCUT2D eigenvalue weighted by molar-refractivity contribution is 0.0939. The number of carbonyl (C=O) groups is 1. The van der Waals surface area contributed by atoms with E-state index in [0.717, 1.165) is 11.1 Å². The fourth-order valence-corrected chi connectivity index (χ4v) is 3.70. The van der Waals surface area contributed by atoms with Gasteiger partial charge in [-0.05, 0) is 51.5 Å². The summed E-state index contributed by atoms with van der Waals surface area (Å²) in [5.41, 5.74) is 2.45. The van der Waals surface area contributed by atoms with E-state index >= 15 is 0 Å². The first-order valence-corrected chi connectivity index (χ1v) is 9.67. The van der Waals surface area contributed by atoms with Crippen LogP contribution < -0.4 is 10.0 Å². The van der Waals surface area contributed by atoms with Crippen molar-refractivity contribution in [3.05, 3.63) is 65.2 Å². The third-order valence-corrected chi connectivity index (χ3v) is 5.38. The summed E-state index contributed by atoms with van der Waals surface area (Å²) in [6.07, 6.45) is 0. The monoisotopic (exact) mass is 360 g/mol. The van der Waals surface area contributed by atoms with Crippen LogP contribution in [0.1, 0.15) is 48.3 Å². The maximum Gasteiger partial charge on any atom is 0.251 e. The molecule has 5 nitrogen and oxygen atoms in total. The predicted octanol–water partition coefficient (Wildman–Crippen LogP) is 3.17. The Bertz CT molecular complexity index is 843. The molecule has 0 aromatic heterocycles. The first-order chi connectivity index (χ1) is 11.7. The lowest BCUT2D eigenvalue weighted by Gasteiger charge is -2.15. The van der Waals surface area contributed by atoms with Crippen LogP contribution in [0.4, 0.5) is 0 Å². The van der Waals surface area contributed by atoms with Gasteiger partial charge in [-0.3, -0.25) is 4.79 Å². The Morgan fingerprint density at radius 3 is 2.24 bits per heavy atom. The Morgan fingerprint density at radius 1 is 1.00 bits per heavy atom. The van der Waals surface area contributed by atoms with E-state index in [1.807, 2.05) is 38.1 Å². The molecule has 0 fully saturated rings. The summed E-state index contributed by atoms with van der Waals surface area (Å²) in [6.45, 7) is 7.39. The van der Waals surface area contributed by atoms with Crippen LogP contribution in [0.2, 0.25) is 0 Å². The summed E-state index contributed by atoms with van der Waals surface area (Å²) in [5, 5.41) is 2.90. The summed E-state index contributed by atoms with van der Waals surface area (Å²) in [4.78, 5) is 12.6. The second kappa shape index (κ2) is 7.80. The van der Waals surface area contributed by atoms with Crippen molar-refractivity contribution in [2.45, 2.75) is 44.7 Å². The molecule has 2 aromatic rings. The molecular weight excluding hydrogens is 336 g/mol. The minimum Gasteiger partial charge on any atom is -0.346 e. The molecule has 1 unspecified atom stereocenters. The highest BCUT2D eigenvalue weighted by atomic mass is 32.2. The van der Waals surface area contributed by atoms with Crippen molar-refractivity contribution in [1.82, 2.24) is 10.0 Å². The van der Waals surface area contributed by atoms with Gasteiger partial charge in [0.05, 0.1) is 10.9 Å². The highest BCUT2D eigenvalue weighted by Gasteiger charge is 2.18. The van der Waals surface area contributed by atoms with Crippen LogP contribution in [0.5, 0.6) is 0 Å². The van der Waals surface area contributed by atoms with Gasteiger partial charge in [0.25, 0.3) is 5.91 Å². The zero-order valence-corrected chi connectivity index (χ0v) is 15.7. The summed E-state index contributed by atoms with van der Waals surface area (Å²) < 4.78 is 27.0. The summed E-state index contributed by atoms with van der Waals surface area (Å²) in [5.74, 6) is -0.310. The number of rotatable bonds is 6. The minimum atomic E-state index is -3.63. The third-order valence-electron chi connectivity index (χ3n) is 3.72. The average Bonchev–Trinajstić information content (AvgIpc) is 2.54. The molecule has 2 aromatic carbocycles. The quantitative estimate of drug-likeness (QED) is 0.831. The second-order valence-corrected chi connectivity index (χ2v) is 8.12. The summed E-state index contributed by atoms with van der Waals surface area (Å²) in [7, 11) is -3.63. The summed E-state index contributed by atoms with van der Waals surface area (Å²) >= 11 is 0. The number of nitrogens with one attached hydrogen (secondary N) is 2. The van der Waals surface area contributed by atoms with E-state index in [4.69, 9.17) is 0 Å². The normalized spacial score (nSPS) is 12.8. The van der Waals surface area contributed by atoms with Gasteiger partial charge >= 0.3 is 0 Å². The molecule has 0 aliphatic heterocycles. The molecule has 25 heavy (non-hydrogen) atoms. The SMILES string of the molecule is Cc1ccc(C(C)NC(=O)c2cccc(S(=O)(=O)NC(C)C)c2)cc1. The first-order valence-electron chi connectivity index (χ1n) is 8.19. The van der Waals surface area contributed by atoms with Crippen molar-refractivity contribution < 1.29 is 13.2 Å². The largest absolute Gasteiger partial charge is 0.346 e. The van der Waals surface area contributed by atoms with Crippen LogP contribution in [0.15, 0.2) is 53.4 Å². The first kappa shape index (κ1) is 19.1. The molecule has 1 amide bonds. The summed E-state index contributed by atoms with van der Waals surface area (Å²) in [6, 6.07) is 13.6. The Hall–Kier alpha value is -2.18. The van der Waals surface area contributed by atoms with E-state index in [1.165, 1.54) is 12.1 Å². The number of carbonyl (C=O) groups excluding carboxylic acids is 1. The number of aryl methyl sites for hydroxylation is 1. The predicted molar refractivity (Wildman–Crippen MR) is 99.0 cm³/mol. The van der Waals surface area contributed by atoms with Crippen LogP contribution >= 0.6 is 0 Å². The molecule has 0 saturated heterocycles. The van der Waals surface area contributed by atoms with Crippen molar-refractivity contribution >= 4 is 15.9 Å². The minimum absolute atomic E-state index is 0.0804. The maximum absolute atomic E-state index is 12.5. The molecule has 6 heteroatoms. The van der Waals surface area contributed by atoms with Gasteiger partial charge < -0.3 is 5.32 Å². The lowest BCUT2D eigenvalue weighted by Crippen LogP contribution is -2.31. The molecule has 0 saturated carbocycles. The molecule has 1 atom stereocenters. The van der Waals surface area contributed by atoms with Crippen molar-refractivity contribution in [2.75, 3.05) is 0 Å². The van der Waals surface area contributed by atoms with Crippen molar-refractivity contribution in [3.8, 4) is 0 Å². The lowest BCUT2D eigenvalue weighted by atomic mass is 10.1. The van der Waals surface area contributed by atoms with E-state index in [0.29, 0.717) is 5.56 Å². The average molecular weight is 360 g/mol. The molecule has 0 aliphatic rings. The van der Waals surface area contributed by atoms with Crippen molar-refractivity contribution in [1.29, 1.82) is 0 Å². The van der Waals surface area contributed by atoms with E-state index in [1.54, 1.807) is 26.0 Å². The number of sulfonamides is 1. The molecule has 0 bridgehead atoms. The van der Waals surface area contributed by atoms with Gasteiger partial charge in [-0.15, -0.1) is 0 Å². The van der Waals surface area contributed by atoms with E-state index in [9.17, 15) is 13.2 Å². The second-order valence-electron chi connectivity index (χ2n) is 6.41.